The summed E-state index contributed by atoms with van der Waals surface area (Å²) in [5.41, 5.74) is 0.410. The predicted octanol–water partition coefficient (Wildman–Crippen LogP) is 3.07. The van der Waals surface area contributed by atoms with E-state index >= 15 is 0 Å². The molecular formula is C18H22N2O4S2. The summed E-state index contributed by atoms with van der Waals surface area (Å²) in [5, 5.41) is 2.73. The summed E-state index contributed by atoms with van der Waals surface area (Å²) in [7, 11) is -0.789. The molecule has 2 aromatic rings. The fourth-order valence-corrected chi connectivity index (χ4v) is 3.89. The van der Waals surface area contributed by atoms with Gasteiger partial charge in [0.15, 0.2) is 0 Å². The Hall–Kier alpha value is -2.03. The minimum atomic E-state index is -3.69. The molecule has 0 spiro atoms. The molecule has 6 nitrogen and oxygen atoms in total. The van der Waals surface area contributed by atoms with E-state index in [0.717, 1.165) is 9.20 Å². The van der Waals surface area contributed by atoms with Gasteiger partial charge in [-0.1, -0.05) is 18.2 Å². The zero-order chi connectivity index (χ0) is 19.2. The Labute approximate surface area is 158 Å². The number of nitrogens with one attached hydrogen (secondary N) is 1. The van der Waals surface area contributed by atoms with Crippen LogP contribution in [0.15, 0.2) is 58.3 Å². The van der Waals surface area contributed by atoms with Gasteiger partial charge in [0.2, 0.25) is 15.9 Å². The number of sulfonamides is 1. The zero-order valence-corrected chi connectivity index (χ0v) is 16.6. The van der Waals surface area contributed by atoms with Crippen LogP contribution in [0.3, 0.4) is 0 Å². The maximum absolute atomic E-state index is 12.5. The highest BCUT2D eigenvalue weighted by molar-refractivity contribution is 8.00. The second-order valence-electron chi connectivity index (χ2n) is 5.53. The lowest BCUT2D eigenvalue weighted by molar-refractivity contribution is -0.113. The number of amides is 1. The van der Waals surface area contributed by atoms with E-state index in [0.29, 0.717) is 12.3 Å². The molecule has 0 aliphatic rings. The quantitative estimate of drug-likeness (QED) is 0.697. The molecule has 26 heavy (non-hydrogen) atoms. The Kier molecular flexibility index (Phi) is 7.07. The van der Waals surface area contributed by atoms with E-state index in [2.05, 4.69) is 5.32 Å². The molecule has 0 saturated heterocycles. The van der Waals surface area contributed by atoms with E-state index in [4.69, 9.17) is 4.74 Å². The van der Waals surface area contributed by atoms with Crippen LogP contribution in [0.4, 0.5) is 5.69 Å². The summed E-state index contributed by atoms with van der Waals surface area (Å²) >= 11 is 1.41. The monoisotopic (exact) mass is 394 g/mol. The summed E-state index contributed by atoms with van der Waals surface area (Å²) in [6, 6.07) is 14.2. The van der Waals surface area contributed by atoms with Gasteiger partial charge in [0.25, 0.3) is 0 Å². The van der Waals surface area contributed by atoms with E-state index < -0.39 is 10.0 Å². The molecule has 8 heteroatoms. The highest BCUT2D eigenvalue weighted by Crippen LogP contribution is 2.29. The van der Waals surface area contributed by atoms with Crippen LogP contribution >= 0.6 is 11.8 Å². The SMILES string of the molecule is CCOc1ccc(NC(=O)CSc2ccccc2)cc1S(=O)(=O)N(C)C. The maximum Gasteiger partial charge on any atom is 0.246 e. The number of hydrogen-bond donors (Lipinski definition) is 1. The summed E-state index contributed by atoms with van der Waals surface area (Å²) in [6.45, 7) is 2.12. The summed E-state index contributed by atoms with van der Waals surface area (Å²) in [4.78, 5) is 13.2. The van der Waals surface area contributed by atoms with Gasteiger partial charge in [0.1, 0.15) is 10.6 Å². The normalized spacial score (nSPS) is 11.4. The van der Waals surface area contributed by atoms with Gasteiger partial charge in [0, 0.05) is 24.7 Å². The van der Waals surface area contributed by atoms with Crippen molar-refractivity contribution in [3.05, 3.63) is 48.5 Å². The Bertz CT molecular complexity index is 853. The highest BCUT2D eigenvalue weighted by Gasteiger charge is 2.23. The standard InChI is InChI=1S/C18H22N2O4S2/c1-4-24-16-11-10-14(12-17(16)26(22,23)20(2)3)19-18(21)13-25-15-8-6-5-7-9-15/h5-12H,4,13H2,1-3H3,(H,19,21). The van der Waals surface area contributed by atoms with Gasteiger partial charge in [-0.2, -0.15) is 0 Å². The first-order valence-electron chi connectivity index (χ1n) is 8.01. The van der Waals surface area contributed by atoms with Crippen molar-refractivity contribution in [2.24, 2.45) is 0 Å². The molecular weight excluding hydrogens is 372 g/mol. The molecule has 0 bridgehead atoms. The number of benzene rings is 2. The van der Waals surface area contributed by atoms with Crippen molar-refractivity contribution in [2.75, 3.05) is 31.8 Å². The molecule has 0 aliphatic carbocycles. The van der Waals surface area contributed by atoms with Gasteiger partial charge in [-0.05, 0) is 37.3 Å². The third kappa shape index (κ3) is 5.23. The van der Waals surface area contributed by atoms with Crippen molar-refractivity contribution >= 4 is 33.4 Å². The smallest absolute Gasteiger partial charge is 0.246 e. The van der Waals surface area contributed by atoms with Crippen molar-refractivity contribution in [3.8, 4) is 5.75 Å². The van der Waals surface area contributed by atoms with E-state index in [9.17, 15) is 13.2 Å². The predicted molar refractivity (Wildman–Crippen MR) is 104 cm³/mol. The lowest BCUT2D eigenvalue weighted by Crippen LogP contribution is -2.23. The van der Waals surface area contributed by atoms with E-state index in [1.165, 1.54) is 31.9 Å². The second kappa shape index (κ2) is 9.07. The molecule has 0 unspecified atom stereocenters. The lowest BCUT2D eigenvalue weighted by atomic mass is 10.3. The minimum Gasteiger partial charge on any atom is -0.492 e. The number of carbonyl (C=O) groups excluding carboxylic acids is 1. The number of nitrogens with zero attached hydrogens (tertiary/aromatic N) is 1. The molecule has 0 radical (unpaired) electrons. The van der Waals surface area contributed by atoms with Gasteiger partial charge in [-0.25, -0.2) is 12.7 Å². The van der Waals surface area contributed by atoms with Crippen LogP contribution < -0.4 is 10.1 Å². The van der Waals surface area contributed by atoms with E-state index in [1.807, 2.05) is 30.3 Å². The fraction of sp³-hybridized carbons (Fsp3) is 0.278. The van der Waals surface area contributed by atoms with Crippen molar-refractivity contribution in [1.82, 2.24) is 4.31 Å². The van der Waals surface area contributed by atoms with Crippen LogP contribution in [0.1, 0.15) is 6.92 Å². The molecule has 0 atom stereocenters. The highest BCUT2D eigenvalue weighted by atomic mass is 32.2. The average molecular weight is 395 g/mol. The summed E-state index contributed by atoms with van der Waals surface area (Å²) in [5.74, 6) is 0.279. The minimum absolute atomic E-state index is 0.0258. The van der Waals surface area contributed by atoms with Crippen LogP contribution in [0.25, 0.3) is 0 Å². The second-order valence-corrected chi connectivity index (χ2v) is 8.70. The van der Waals surface area contributed by atoms with Crippen LogP contribution in [-0.2, 0) is 14.8 Å². The molecule has 0 fully saturated rings. The number of carbonyl (C=O) groups is 1. The first kappa shape index (κ1) is 20.3. The molecule has 0 saturated carbocycles. The van der Waals surface area contributed by atoms with Crippen molar-refractivity contribution < 1.29 is 17.9 Å². The third-order valence-corrected chi connectivity index (χ3v) is 6.25. The summed E-state index contributed by atoms with van der Waals surface area (Å²) in [6.07, 6.45) is 0. The first-order valence-corrected chi connectivity index (χ1v) is 10.4. The van der Waals surface area contributed by atoms with Crippen LogP contribution in [0.2, 0.25) is 0 Å². The van der Waals surface area contributed by atoms with Crippen LogP contribution in [0, 0.1) is 0 Å². The van der Waals surface area contributed by atoms with Crippen molar-refractivity contribution in [3.63, 3.8) is 0 Å². The van der Waals surface area contributed by atoms with Gasteiger partial charge < -0.3 is 10.1 Å². The Morgan fingerprint density at radius 2 is 1.85 bits per heavy atom. The Morgan fingerprint density at radius 3 is 2.46 bits per heavy atom. The van der Waals surface area contributed by atoms with Crippen LogP contribution in [0.5, 0.6) is 5.75 Å². The molecule has 140 valence electrons. The van der Waals surface area contributed by atoms with Gasteiger partial charge in [0.05, 0.1) is 12.4 Å². The number of ether oxygens (including phenoxy) is 1. The largest absolute Gasteiger partial charge is 0.492 e. The topological polar surface area (TPSA) is 75.7 Å². The van der Waals surface area contributed by atoms with Gasteiger partial charge in [-0.15, -0.1) is 11.8 Å². The molecule has 1 amide bonds. The number of rotatable bonds is 8. The summed E-state index contributed by atoms with van der Waals surface area (Å²) < 4.78 is 31.5. The molecule has 0 aromatic heterocycles. The fourth-order valence-electron chi connectivity index (χ4n) is 2.12. The average Bonchev–Trinajstić information content (AvgIpc) is 2.62. The van der Waals surface area contributed by atoms with Crippen molar-refractivity contribution in [1.29, 1.82) is 0 Å². The lowest BCUT2D eigenvalue weighted by Gasteiger charge is -2.16. The number of thioether (sulfide) groups is 1. The maximum atomic E-state index is 12.5. The molecule has 2 rings (SSSR count). The Morgan fingerprint density at radius 1 is 1.15 bits per heavy atom. The number of hydrogen-bond acceptors (Lipinski definition) is 5. The van der Waals surface area contributed by atoms with Gasteiger partial charge in [-0.3, -0.25) is 4.79 Å². The van der Waals surface area contributed by atoms with Crippen molar-refractivity contribution in [2.45, 2.75) is 16.7 Å². The number of anilines is 1. The zero-order valence-electron chi connectivity index (χ0n) is 14.9. The van der Waals surface area contributed by atoms with Gasteiger partial charge >= 0.3 is 0 Å². The molecule has 0 heterocycles. The molecule has 2 aromatic carbocycles. The van der Waals surface area contributed by atoms with E-state index in [1.54, 1.807) is 19.1 Å². The first-order chi connectivity index (χ1) is 12.3. The third-order valence-electron chi connectivity index (χ3n) is 3.40. The van der Waals surface area contributed by atoms with E-state index in [-0.39, 0.29) is 22.3 Å². The molecule has 0 aliphatic heterocycles. The Balaban J connectivity index is 2.15. The molecule has 1 N–H and O–H groups in total. The van der Waals surface area contributed by atoms with Crippen LogP contribution in [-0.4, -0.2) is 45.1 Å².